The maximum absolute atomic E-state index is 13.4. The number of carbonyl (C=O) groups excluding carboxylic acids is 4. The zero-order valence-electron chi connectivity index (χ0n) is 38.6. The van der Waals surface area contributed by atoms with Crippen molar-refractivity contribution in [3.63, 3.8) is 0 Å². The van der Waals surface area contributed by atoms with Crippen LogP contribution in [-0.2, 0) is 19.2 Å². The van der Waals surface area contributed by atoms with Crippen molar-refractivity contribution in [2.75, 3.05) is 65.4 Å². The van der Waals surface area contributed by atoms with E-state index in [9.17, 15) is 19.2 Å². The zero-order chi connectivity index (χ0) is 43.9. The Bertz CT molecular complexity index is 1100. The molecule has 3 atom stereocenters. The Labute approximate surface area is 366 Å². The molecule has 0 saturated carbocycles. The van der Waals surface area contributed by atoms with Crippen LogP contribution in [0.4, 0.5) is 0 Å². The summed E-state index contributed by atoms with van der Waals surface area (Å²) in [6.45, 7) is 13.0. The number of unbranched alkanes of at least 4 members (excludes halogenated alkanes) is 15. The number of rotatable bonds is 40. The molecule has 13 heteroatoms. The van der Waals surface area contributed by atoms with Crippen molar-refractivity contribution in [3.8, 4) is 0 Å². The summed E-state index contributed by atoms with van der Waals surface area (Å²) in [5.74, 6) is -0.818. The highest BCUT2D eigenvalue weighted by Crippen LogP contribution is 2.12. The lowest BCUT2D eigenvalue weighted by molar-refractivity contribution is -0.130. The second kappa shape index (κ2) is 39.3. The molecular formula is C47H93N9O4. The lowest BCUT2D eigenvalue weighted by Gasteiger charge is -2.34. The molecule has 1 rings (SSSR count). The van der Waals surface area contributed by atoms with Gasteiger partial charge in [0.1, 0.15) is 12.1 Å². The summed E-state index contributed by atoms with van der Waals surface area (Å²) in [6, 6.07) is -2.01. The first kappa shape index (κ1) is 55.4. The minimum atomic E-state index is -0.692. The first-order valence-electron chi connectivity index (χ1n) is 24.7. The summed E-state index contributed by atoms with van der Waals surface area (Å²) in [5.41, 5.74) is 17.3. The standard InChI is InChI=1S/C47H93N9O4/c1-3-5-7-8-9-10-11-12-13-14-15-16-17-18-19-30-44(57)53-42(46(59)52-34-26-36-56-39-37-55(38-40-56)35-6-4-2)29-22-25-33-51-47(60)43(28-21-24-32-49)54-45(58)41(50)27-20-23-31-48/h12-13,41-43H,3-11,14-40,48-50H2,1-2H3,(H,51,60)(H,52,59)(H,53,57)(H,54,58). The first-order chi connectivity index (χ1) is 29.2. The fourth-order valence-electron chi connectivity index (χ4n) is 7.64. The maximum atomic E-state index is 13.4. The molecule has 4 amide bonds. The van der Waals surface area contributed by atoms with Crippen molar-refractivity contribution in [2.24, 2.45) is 17.2 Å². The highest BCUT2D eigenvalue weighted by molar-refractivity contribution is 5.89. The molecule has 0 radical (unpaired) electrons. The Morgan fingerprint density at radius 1 is 0.517 bits per heavy atom. The van der Waals surface area contributed by atoms with E-state index in [1.54, 1.807) is 0 Å². The van der Waals surface area contributed by atoms with Crippen LogP contribution >= 0.6 is 0 Å². The summed E-state index contributed by atoms with van der Waals surface area (Å²) in [7, 11) is 0. The van der Waals surface area contributed by atoms with Crippen molar-refractivity contribution in [1.29, 1.82) is 0 Å². The molecule has 0 aromatic heterocycles. The monoisotopic (exact) mass is 848 g/mol. The minimum absolute atomic E-state index is 0.0840. The molecule has 0 spiro atoms. The smallest absolute Gasteiger partial charge is 0.242 e. The topological polar surface area (TPSA) is 201 Å². The molecule has 1 fully saturated rings. The van der Waals surface area contributed by atoms with E-state index in [1.807, 2.05) is 0 Å². The van der Waals surface area contributed by atoms with E-state index in [1.165, 1.54) is 77.2 Å². The molecule has 350 valence electrons. The van der Waals surface area contributed by atoms with Crippen LogP contribution in [0.1, 0.15) is 181 Å². The van der Waals surface area contributed by atoms with Crippen LogP contribution in [0.25, 0.3) is 0 Å². The first-order valence-corrected chi connectivity index (χ1v) is 24.7. The van der Waals surface area contributed by atoms with Crippen LogP contribution < -0.4 is 38.5 Å². The van der Waals surface area contributed by atoms with Gasteiger partial charge in [0.2, 0.25) is 23.6 Å². The predicted molar refractivity (Wildman–Crippen MR) is 249 cm³/mol. The lowest BCUT2D eigenvalue weighted by Crippen LogP contribution is -2.51. The van der Waals surface area contributed by atoms with Crippen molar-refractivity contribution in [3.05, 3.63) is 12.2 Å². The van der Waals surface area contributed by atoms with E-state index in [2.05, 4.69) is 57.1 Å². The molecule has 60 heavy (non-hydrogen) atoms. The molecule has 10 N–H and O–H groups in total. The summed E-state index contributed by atoms with van der Waals surface area (Å²) < 4.78 is 0. The molecule has 1 aliphatic rings. The number of hydrogen-bond acceptors (Lipinski definition) is 9. The molecule has 0 bridgehead atoms. The normalized spacial score (nSPS) is 15.2. The highest BCUT2D eigenvalue weighted by atomic mass is 16.2. The van der Waals surface area contributed by atoms with E-state index in [-0.39, 0.29) is 23.6 Å². The van der Waals surface area contributed by atoms with Crippen LogP contribution in [0.3, 0.4) is 0 Å². The van der Waals surface area contributed by atoms with Gasteiger partial charge >= 0.3 is 0 Å². The van der Waals surface area contributed by atoms with Crippen LogP contribution in [-0.4, -0.2) is 117 Å². The van der Waals surface area contributed by atoms with Crippen molar-refractivity contribution >= 4 is 23.6 Å². The number of hydrogen-bond donors (Lipinski definition) is 7. The van der Waals surface area contributed by atoms with E-state index in [4.69, 9.17) is 17.2 Å². The maximum Gasteiger partial charge on any atom is 0.242 e. The van der Waals surface area contributed by atoms with Gasteiger partial charge in [-0.3, -0.25) is 19.2 Å². The molecule has 0 aromatic rings. The third-order valence-electron chi connectivity index (χ3n) is 11.7. The average molecular weight is 848 g/mol. The van der Waals surface area contributed by atoms with Gasteiger partial charge < -0.3 is 48.3 Å². The fraction of sp³-hybridized carbons (Fsp3) is 0.872. The molecule has 1 aliphatic heterocycles. The number of allylic oxidation sites excluding steroid dienone is 2. The van der Waals surface area contributed by atoms with Crippen molar-refractivity contribution in [1.82, 2.24) is 31.1 Å². The van der Waals surface area contributed by atoms with Gasteiger partial charge in [0, 0.05) is 45.7 Å². The van der Waals surface area contributed by atoms with Crippen LogP contribution in [0.15, 0.2) is 12.2 Å². The van der Waals surface area contributed by atoms with Crippen LogP contribution in [0, 0.1) is 0 Å². The number of nitrogens with two attached hydrogens (primary N) is 3. The molecule has 1 saturated heterocycles. The van der Waals surface area contributed by atoms with E-state index >= 15 is 0 Å². The van der Waals surface area contributed by atoms with Gasteiger partial charge in [-0.2, -0.15) is 0 Å². The molecule has 13 nitrogen and oxygen atoms in total. The Hall–Kier alpha value is -2.58. The quantitative estimate of drug-likeness (QED) is 0.0295. The van der Waals surface area contributed by atoms with Crippen molar-refractivity contribution in [2.45, 2.75) is 199 Å². The van der Waals surface area contributed by atoms with Gasteiger partial charge in [-0.15, -0.1) is 0 Å². The summed E-state index contributed by atoms with van der Waals surface area (Å²) in [4.78, 5) is 57.4. The van der Waals surface area contributed by atoms with E-state index < -0.39 is 18.1 Å². The number of amides is 4. The highest BCUT2D eigenvalue weighted by Gasteiger charge is 2.24. The summed E-state index contributed by atoms with van der Waals surface area (Å²) in [6.07, 6.45) is 29.8. The zero-order valence-corrected chi connectivity index (χ0v) is 38.6. The second-order valence-corrected chi connectivity index (χ2v) is 17.2. The average Bonchev–Trinajstić information content (AvgIpc) is 3.25. The molecule has 1 heterocycles. The molecule has 0 aliphatic carbocycles. The Balaban J connectivity index is 2.55. The second-order valence-electron chi connectivity index (χ2n) is 17.2. The molecule has 0 aromatic carbocycles. The van der Waals surface area contributed by atoms with Gasteiger partial charge in [0.05, 0.1) is 6.04 Å². The van der Waals surface area contributed by atoms with E-state index in [0.717, 1.165) is 84.1 Å². The van der Waals surface area contributed by atoms with Gasteiger partial charge in [0.15, 0.2) is 0 Å². The van der Waals surface area contributed by atoms with Gasteiger partial charge in [-0.05, 0) is 122 Å². The van der Waals surface area contributed by atoms with Crippen molar-refractivity contribution < 1.29 is 19.2 Å². The number of nitrogens with one attached hydrogen (secondary N) is 4. The minimum Gasteiger partial charge on any atom is -0.354 e. The predicted octanol–water partition coefficient (Wildman–Crippen LogP) is 5.79. The molecular weight excluding hydrogens is 755 g/mol. The molecule has 3 unspecified atom stereocenters. The SMILES string of the molecule is CCCCCCCCC=CCCCCCCCC(=O)NC(CCCCNC(=O)C(CCCCN)NC(=O)C(N)CCCCN)C(=O)NCCCN1CCN(CCCC)CC1. The van der Waals surface area contributed by atoms with Crippen LogP contribution in [0.2, 0.25) is 0 Å². The Morgan fingerprint density at radius 2 is 0.983 bits per heavy atom. The summed E-state index contributed by atoms with van der Waals surface area (Å²) >= 11 is 0. The van der Waals surface area contributed by atoms with E-state index in [0.29, 0.717) is 71.1 Å². The largest absolute Gasteiger partial charge is 0.354 e. The Kier molecular flexibility index (Phi) is 36.3. The van der Waals surface area contributed by atoms with Gasteiger partial charge in [-0.1, -0.05) is 90.2 Å². The van der Waals surface area contributed by atoms with Gasteiger partial charge in [0.25, 0.3) is 0 Å². The number of carbonyl (C=O) groups is 4. The number of nitrogens with zero attached hydrogens (tertiary/aromatic N) is 2. The third-order valence-corrected chi connectivity index (χ3v) is 11.7. The summed E-state index contributed by atoms with van der Waals surface area (Å²) in [5, 5.41) is 11.9. The lowest BCUT2D eigenvalue weighted by atomic mass is 10.1. The fourth-order valence-corrected chi connectivity index (χ4v) is 7.64. The van der Waals surface area contributed by atoms with Gasteiger partial charge in [-0.25, -0.2) is 0 Å². The Morgan fingerprint density at radius 3 is 1.55 bits per heavy atom. The number of piperazine rings is 1. The van der Waals surface area contributed by atoms with Crippen LogP contribution in [0.5, 0.6) is 0 Å². The third kappa shape index (κ3) is 30.4.